The van der Waals surface area contributed by atoms with Gasteiger partial charge in [-0.05, 0) is 47.9 Å². The third kappa shape index (κ3) is 2.78. The van der Waals surface area contributed by atoms with Crippen molar-refractivity contribution in [2.75, 3.05) is 14.2 Å². The molecule has 0 fully saturated rings. The van der Waals surface area contributed by atoms with Crippen molar-refractivity contribution in [2.24, 2.45) is 0 Å². The van der Waals surface area contributed by atoms with Gasteiger partial charge in [0, 0.05) is 29.6 Å². The highest BCUT2D eigenvalue weighted by Gasteiger charge is 2.21. The second-order valence-electron chi connectivity index (χ2n) is 6.05. The maximum atomic E-state index is 6.18. The van der Waals surface area contributed by atoms with E-state index in [0.717, 1.165) is 35.6 Å². The molecule has 5 heteroatoms. The number of methoxy groups -OCH3 is 2. The molecule has 0 atom stereocenters. The minimum Gasteiger partial charge on any atom is -0.493 e. The van der Waals surface area contributed by atoms with Gasteiger partial charge in [-0.25, -0.2) is 0 Å². The summed E-state index contributed by atoms with van der Waals surface area (Å²) in [7, 11) is 3.32. The number of benzene rings is 2. The lowest BCUT2D eigenvalue weighted by Gasteiger charge is -2.21. The first-order valence-electron chi connectivity index (χ1n) is 8.01. The molecule has 25 heavy (non-hydrogen) atoms. The van der Waals surface area contributed by atoms with E-state index in [1.54, 1.807) is 14.2 Å². The number of hydrogen-bond donors (Lipinski definition) is 0. The van der Waals surface area contributed by atoms with Crippen molar-refractivity contribution in [3.63, 3.8) is 0 Å². The number of aromatic nitrogens is 1. The van der Waals surface area contributed by atoms with Gasteiger partial charge in [-0.2, -0.15) is 0 Å². The lowest BCUT2D eigenvalue weighted by Crippen LogP contribution is -2.10. The Morgan fingerprint density at radius 3 is 2.36 bits per heavy atom. The molecule has 0 amide bonds. The molecule has 1 aromatic heterocycles. The van der Waals surface area contributed by atoms with Crippen molar-refractivity contribution in [3.8, 4) is 33.9 Å². The number of aryl methyl sites for hydroxylation is 2. The fourth-order valence-corrected chi connectivity index (χ4v) is 3.66. The van der Waals surface area contributed by atoms with Crippen LogP contribution < -0.4 is 9.47 Å². The summed E-state index contributed by atoms with van der Waals surface area (Å²) >= 11 is 12.2. The number of fused-ring (bicyclic) bond motifs is 3. The van der Waals surface area contributed by atoms with Crippen molar-refractivity contribution in [2.45, 2.75) is 13.0 Å². The maximum Gasteiger partial charge on any atom is 0.161 e. The molecule has 0 saturated carbocycles. The van der Waals surface area contributed by atoms with Crippen LogP contribution in [0.5, 0.6) is 11.5 Å². The second kappa shape index (κ2) is 6.32. The van der Waals surface area contributed by atoms with Crippen LogP contribution in [0.1, 0.15) is 5.56 Å². The van der Waals surface area contributed by atoms with E-state index in [1.165, 1.54) is 16.8 Å². The summed E-state index contributed by atoms with van der Waals surface area (Å²) in [5.74, 6) is 1.51. The molecule has 3 nitrogen and oxygen atoms in total. The first kappa shape index (κ1) is 16.4. The molecular formula is C20H17Cl2NO2. The van der Waals surface area contributed by atoms with Gasteiger partial charge in [0.1, 0.15) is 0 Å². The normalized spacial score (nSPS) is 12.5. The van der Waals surface area contributed by atoms with Crippen LogP contribution in [0.4, 0.5) is 0 Å². The first-order valence-corrected chi connectivity index (χ1v) is 8.77. The highest BCUT2D eigenvalue weighted by Crippen LogP contribution is 2.41. The molecule has 0 N–H and O–H groups in total. The third-order valence-electron chi connectivity index (χ3n) is 4.66. The molecule has 2 aromatic carbocycles. The van der Waals surface area contributed by atoms with Gasteiger partial charge in [-0.3, -0.25) is 0 Å². The summed E-state index contributed by atoms with van der Waals surface area (Å²) in [5.41, 5.74) is 5.79. The number of halogens is 2. The van der Waals surface area contributed by atoms with Crippen LogP contribution >= 0.6 is 23.2 Å². The SMILES string of the molecule is COc1cc2c(cc1OC)-c1cc(-c3ccc(Cl)c(Cl)c3)cn1CC2. The molecule has 1 aliphatic heterocycles. The molecule has 0 aliphatic carbocycles. The molecular weight excluding hydrogens is 357 g/mol. The molecule has 4 rings (SSSR count). The topological polar surface area (TPSA) is 23.4 Å². The number of hydrogen-bond acceptors (Lipinski definition) is 2. The maximum absolute atomic E-state index is 6.18. The van der Waals surface area contributed by atoms with Gasteiger partial charge in [-0.15, -0.1) is 0 Å². The van der Waals surface area contributed by atoms with Crippen LogP contribution in [0.25, 0.3) is 22.4 Å². The quantitative estimate of drug-likeness (QED) is 0.587. The van der Waals surface area contributed by atoms with Crippen molar-refractivity contribution in [3.05, 3.63) is 58.2 Å². The van der Waals surface area contributed by atoms with Crippen molar-refractivity contribution in [1.29, 1.82) is 0 Å². The van der Waals surface area contributed by atoms with Crippen LogP contribution in [-0.4, -0.2) is 18.8 Å². The van der Waals surface area contributed by atoms with Crippen LogP contribution in [0.3, 0.4) is 0 Å². The summed E-state index contributed by atoms with van der Waals surface area (Å²) in [4.78, 5) is 0. The van der Waals surface area contributed by atoms with Crippen LogP contribution in [0, 0.1) is 0 Å². The van der Waals surface area contributed by atoms with Gasteiger partial charge in [0.05, 0.1) is 24.3 Å². The fourth-order valence-electron chi connectivity index (χ4n) is 3.36. The zero-order valence-electron chi connectivity index (χ0n) is 14.0. The standard InChI is InChI=1S/C20H17Cl2NO2/c1-24-19-9-13-5-6-23-11-14(12-3-4-16(21)17(22)7-12)8-18(23)15(13)10-20(19)25-2/h3-4,7-11H,5-6H2,1-2H3. The van der Waals surface area contributed by atoms with Crippen molar-refractivity contribution >= 4 is 23.2 Å². The summed E-state index contributed by atoms with van der Waals surface area (Å²) in [6.45, 7) is 0.930. The van der Waals surface area contributed by atoms with Gasteiger partial charge < -0.3 is 14.0 Å². The summed E-state index contributed by atoms with van der Waals surface area (Å²) < 4.78 is 13.2. The number of ether oxygens (including phenoxy) is 2. The van der Waals surface area contributed by atoms with Crippen LogP contribution in [-0.2, 0) is 13.0 Å². The van der Waals surface area contributed by atoms with E-state index >= 15 is 0 Å². The highest BCUT2D eigenvalue weighted by molar-refractivity contribution is 6.42. The Kier molecular flexibility index (Phi) is 4.14. The Hall–Kier alpha value is -2.10. The largest absolute Gasteiger partial charge is 0.493 e. The predicted molar refractivity (Wildman–Crippen MR) is 102 cm³/mol. The van der Waals surface area contributed by atoms with Crippen molar-refractivity contribution < 1.29 is 9.47 Å². The molecule has 2 heterocycles. The second-order valence-corrected chi connectivity index (χ2v) is 6.87. The van der Waals surface area contributed by atoms with E-state index in [4.69, 9.17) is 32.7 Å². The molecule has 0 radical (unpaired) electrons. The molecule has 128 valence electrons. The molecule has 3 aromatic rings. The van der Waals surface area contributed by atoms with Gasteiger partial charge in [0.2, 0.25) is 0 Å². The van der Waals surface area contributed by atoms with Crippen LogP contribution in [0.2, 0.25) is 10.0 Å². The molecule has 1 aliphatic rings. The minimum absolute atomic E-state index is 0.565. The lowest BCUT2D eigenvalue weighted by molar-refractivity contribution is 0.354. The first-order chi connectivity index (χ1) is 12.1. The Bertz CT molecular complexity index is 963. The third-order valence-corrected chi connectivity index (χ3v) is 5.40. The molecule has 0 saturated heterocycles. The van der Waals surface area contributed by atoms with Gasteiger partial charge in [0.15, 0.2) is 11.5 Å². The molecule has 0 unspecified atom stereocenters. The van der Waals surface area contributed by atoms with Gasteiger partial charge in [-0.1, -0.05) is 29.3 Å². The van der Waals surface area contributed by atoms with Gasteiger partial charge in [0.25, 0.3) is 0 Å². The Labute approximate surface area is 156 Å². The highest BCUT2D eigenvalue weighted by atomic mass is 35.5. The van der Waals surface area contributed by atoms with E-state index in [0.29, 0.717) is 10.0 Å². The number of rotatable bonds is 3. The molecule has 0 spiro atoms. The smallest absolute Gasteiger partial charge is 0.161 e. The monoisotopic (exact) mass is 373 g/mol. The zero-order valence-corrected chi connectivity index (χ0v) is 15.5. The van der Waals surface area contributed by atoms with E-state index in [2.05, 4.69) is 29.0 Å². The summed E-state index contributed by atoms with van der Waals surface area (Å²) in [5, 5.41) is 1.13. The van der Waals surface area contributed by atoms with Crippen LogP contribution in [0.15, 0.2) is 42.6 Å². The average Bonchev–Trinajstić information content (AvgIpc) is 3.07. The van der Waals surface area contributed by atoms with E-state index in [1.807, 2.05) is 18.2 Å². The zero-order chi connectivity index (χ0) is 17.6. The fraction of sp³-hybridized carbons (Fsp3) is 0.200. The minimum atomic E-state index is 0.565. The summed E-state index contributed by atoms with van der Waals surface area (Å²) in [6, 6.07) is 12.0. The average molecular weight is 374 g/mol. The van der Waals surface area contributed by atoms with E-state index in [9.17, 15) is 0 Å². The Morgan fingerprint density at radius 2 is 1.64 bits per heavy atom. The van der Waals surface area contributed by atoms with E-state index < -0.39 is 0 Å². The van der Waals surface area contributed by atoms with E-state index in [-0.39, 0.29) is 0 Å². The Morgan fingerprint density at radius 1 is 0.880 bits per heavy atom. The van der Waals surface area contributed by atoms with Crippen molar-refractivity contribution in [1.82, 2.24) is 4.57 Å². The summed E-state index contributed by atoms with van der Waals surface area (Å²) in [6.07, 6.45) is 3.12. The lowest BCUT2D eigenvalue weighted by atomic mass is 9.97. The number of nitrogens with zero attached hydrogens (tertiary/aromatic N) is 1. The Balaban J connectivity index is 1.83. The predicted octanol–water partition coefficient (Wildman–Crippen LogP) is 5.70. The molecule has 0 bridgehead atoms. The van der Waals surface area contributed by atoms with Gasteiger partial charge >= 0.3 is 0 Å².